The Morgan fingerprint density at radius 2 is 1.86 bits per heavy atom. The number of hydrogen-bond acceptors (Lipinski definition) is 10. The lowest BCUT2D eigenvalue weighted by atomic mass is 9.98. The van der Waals surface area contributed by atoms with Gasteiger partial charge in [0, 0.05) is 68.8 Å². The van der Waals surface area contributed by atoms with Crippen LogP contribution < -0.4 is 30.7 Å². The number of non-ortho nitro benzene ring substituents is 1. The number of methoxy groups -OCH3 is 2. The molecule has 4 rings (SSSR count). The van der Waals surface area contributed by atoms with Gasteiger partial charge in [-0.15, -0.1) is 0 Å². The van der Waals surface area contributed by atoms with Crippen LogP contribution in [-0.4, -0.2) is 62.1 Å². The van der Waals surface area contributed by atoms with Crippen molar-refractivity contribution in [3.8, 4) is 11.5 Å². The zero-order valence-electron chi connectivity index (χ0n) is 20.4. The number of hydrogen-bond donors (Lipinski definition) is 3. The Morgan fingerprint density at radius 3 is 2.50 bits per heavy atom. The van der Waals surface area contributed by atoms with Gasteiger partial charge in [0.2, 0.25) is 11.9 Å². The maximum absolute atomic E-state index is 11.6. The van der Waals surface area contributed by atoms with Crippen LogP contribution in [0.1, 0.15) is 12.5 Å². The molecule has 0 aliphatic carbocycles. The van der Waals surface area contributed by atoms with Gasteiger partial charge in [-0.25, -0.2) is 4.99 Å². The second kappa shape index (κ2) is 10.1. The number of nitrogens with zero attached hydrogens (tertiary/aromatic N) is 4. The molecule has 2 heterocycles. The number of ether oxygens (including phenoxy) is 2. The fraction of sp³-hybridized carbons (Fsp3) is 0.333. The molecule has 4 N–H and O–H groups in total. The van der Waals surface area contributed by atoms with E-state index in [4.69, 9.17) is 15.2 Å². The molecule has 0 radical (unpaired) electrons. The number of nitro groups is 1. The highest BCUT2D eigenvalue weighted by Crippen LogP contribution is 2.36. The Hall–Kier alpha value is -4.32. The van der Waals surface area contributed by atoms with E-state index in [9.17, 15) is 14.9 Å². The predicted molar refractivity (Wildman–Crippen MR) is 136 cm³/mol. The van der Waals surface area contributed by atoms with E-state index in [2.05, 4.69) is 20.5 Å². The number of anilines is 2. The first-order chi connectivity index (χ1) is 17.2. The number of piperazine rings is 1. The van der Waals surface area contributed by atoms with E-state index in [1.165, 1.54) is 25.3 Å². The minimum absolute atomic E-state index is 0.0790. The molecule has 12 heteroatoms. The third-order valence-corrected chi connectivity index (χ3v) is 6.21. The Morgan fingerprint density at radius 1 is 1.14 bits per heavy atom. The van der Waals surface area contributed by atoms with E-state index in [1.54, 1.807) is 26.3 Å². The summed E-state index contributed by atoms with van der Waals surface area (Å²) in [4.78, 5) is 31.0. The smallest absolute Gasteiger partial charge is 0.271 e. The van der Waals surface area contributed by atoms with Crippen molar-refractivity contribution in [1.82, 2.24) is 10.2 Å². The summed E-state index contributed by atoms with van der Waals surface area (Å²) in [5, 5.41) is 17.2. The van der Waals surface area contributed by atoms with Gasteiger partial charge >= 0.3 is 0 Å². The van der Waals surface area contributed by atoms with E-state index >= 15 is 0 Å². The van der Waals surface area contributed by atoms with Crippen molar-refractivity contribution < 1.29 is 19.2 Å². The van der Waals surface area contributed by atoms with Gasteiger partial charge in [0.25, 0.3) is 5.69 Å². The van der Waals surface area contributed by atoms with Gasteiger partial charge in [0.05, 0.1) is 24.8 Å². The summed E-state index contributed by atoms with van der Waals surface area (Å²) < 4.78 is 11.0. The molecular formula is C24H29N7O5. The molecule has 1 amide bonds. The highest BCUT2D eigenvalue weighted by Gasteiger charge is 2.31. The quantitative estimate of drug-likeness (QED) is 0.404. The fourth-order valence-electron chi connectivity index (χ4n) is 4.24. The van der Waals surface area contributed by atoms with Crippen molar-refractivity contribution in [3.63, 3.8) is 0 Å². The van der Waals surface area contributed by atoms with Crippen LogP contribution in [0.25, 0.3) is 0 Å². The van der Waals surface area contributed by atoms with E-state index in [-0.39, 0.29) is 17.6 Å². The number of rotatable bonds is 6. The highest BCUT2D eigenvalue weighted by atomic mass is 16.6. The van der Waals surface area contributed by atoms with E-state index in [1.807, 2.05) is 23.1 Å². The molecule has 36 heavy (non-hydrogen) atoms. The number of amides is 1. The van der Waals surface area contributed by atoms with Crippen LogP contribution >= 0.6 is 0 Å². The maximum Gasteiger partial charge on any atom is 0.271 e. The normalized spacial score (nSPS) is 19.3. The van der Waals surface area contributed by atoms with Gasteiger partial charge in [-0.05, 0) is 24.3 Å². The summed E-state index contributed by atoms with van der Waals surface area (Å²) in [7, 11) is 3.04. The monoisotopic (exact) mass is 495 g/mol. The number of benzene rings is 2. The summed E-state index contributed by atoms with van der Waals surface area (Å²) in [6.07, 6.45) is 3.35. The van der Waals surface area contributed by atoms with E-state index < -0.39 is 10.6 Å². The second-order valence-corrected chi connectivity index (χ2v) is 8.41. The van der Waals surface area contributed by atoms with Crippen molar-refractivity contribution in [2.24, 2.45) is 10.7 Å². The number of nitrogens with two attached hydrogens (primary N) is 1. The maximum atomic E-state index is 11.6. The summed E-state index contributed by atoms with van der Waals surface area (Å²) in [5.74, 6) is 1.33. The van der Waals surface area contributed by atoms with Crippen LogP contribution in [0.4, 0.5) is 17.1 Å². The summed E-state index contributed by atoms with van der Waals surface area (Å²) in [6.45, 7) is 4.34. The number of nitrogens with one attached hydrogen (secondary N) is 2. The van der Waals surface area contributed by atoms with Gasteiger partial charge in [0.15, 0.2) is 5.66 Å². The van der Waals surface area contributed by atoms with Crippen LogP contribution in [0, 0.1) is 10.1 Å². The van der Waals surface area contributed by atoms with Crippen LogP contribution in [0.15, 0.2) is 53.7 Å². The van der Waals surface area contributed by atoms with Crippen LogP contribution in [0.2, 0.25) is 0 Å². The first-order valence-corrected chi connectivity index (χ1v) is 11.4. The lowest BCUT2D eigenvalue weighted by Gasteiger charge is -2.36. The number of aliphatic imine (C=N–C) groups is 1. The first-order valence-electron chi connectivity index (χ1n) is 11.4. The van der Waals surface area contributed by atoms with Crippen molar-refractivity contribution in [3.05, 3.63) is 64.4 Å². The van der Waals surface area contributed by atoms with Crippen LogP contribution in [-0.2, 0) is 10.5 Å². The number of carbonyl (C=O) groups is 1. The zero-order chi connectivity index (χ0) is 25.9. The molecule has 0 aromatic heterocycles. The minimum atomic E-state index is -1.27. The Labute approximate surface area is 208 Å². The molecule has 1 saturated heterocycles. The van der Waals surface area contributed by atoms with Crippen molar-refractivity contribution >= 4 is 28.9 Å². The van der Waals surface area contributed by atoms with Gasteiger partial charge in [-0.1, -0.05) is 0 Å². The molecule has 1 atom stereocenters. The van der Waals surface area contributed by atoms with Gasteiger partial charge in [0.1, 0.15) is 11.5 Å². The fourth-order valence-corrected chi connectivity index (χ4v) is 4.24. The molecule has 2 aliphatic rings. The molecule has 2 aromatic carbocycles. The zero-order valence-corrected chi connectivity index (χ0v) is 20.4. The topological polar surface area (TPSA) is 148 Å². The van der Waals surface area contributed by atoms with Crippen LogP contribution in [0.5, 0.6) is 11.5 Å². The standard InChI is InChI=1S/C24H29N7O5/c1-16(32)29-10-12-30(13-11-29)17-4-6-19(22(15-17)36-3)24(25)8-9-26-23(28-24)27-20-14-18(31(33)34)5-7-21(20)35-2/h4-9,14-15H,10-13,25H2,1-3H3,(H2,26,27,28). The minimum Gasteiger partial charge on any atom is -0.496 e. The summed E-state index contributed by atoms with van der Waals surface area (Å²) >= 11 is 0. The van der Waals surface area contributed by atoms with Gasteiger partial charge in [-0.3, -0.25) is 20.6 Å². The van der Waals surface area contributed by atoms with Crippen LogP contribution in [0.3, 0.4) is 0 Å². The van der Waals surface area contributed by atoms with E-state index in [0.29, 0.717) is 35.8 Å². The average molecular weight is 496 g/mol. The van der Waals surface area contributed by atoms with Gasteiger partial charge < -0.3 is 29.9 Å². The largest absolute Gasteiger partial charge is 0.496 e. The molecule has 12 nitrogen and oxygen atoms in total. The Balaban J connectivity index is 1.59. The molecule has 2 aromatic rings. The lowest BCUT2D eigenvalue weighted by molar-refractivity contribution is -0.384. The molecule has 1 unspecified atom stereocenters. The second-order valence-electron chi connectivity index (χ2n) is 8.41. The van der Waals surface area contributed by atoms with Gasteiger partial charge in [-0.2, -0.15) is 0 Å². The molecule has 1 fully saturated rings. The highest BCUT2D eigenvalue weighted by molar-refractivity contribution is 5.97. The third kappa shape index (κ3) is 5.03. The van der Waals surface area contributed by atoms with E-state index in [0.717, 1.165) is 18.8 Å². The summed E-state index contributed by atoms with van der Waals surface area (Å²) in [5.41, 5.74) is 7.30. The first kappa shape index (κ1) is 24.8. The SMILES string of the molecule is COc1ccc([N+](=O)[O-])cc1NC1=NC(N)(c2ccc(N3CCN(C(C)=O)CC3)cc2OC)C=CN1. The third-order valence-electron chi connectivity index (χ3n) is 6.21. The molecule has 0 spiro atoms. The number of nitro benzene ring substituents is 1. The molecule has 0 saturated carbocycles. The number of guanidine groups is 1. The molecule has 2 aliphatic heterocycles. The average Bonchev–Trinajstić information content (AvgIpc) is 2.88. The molecule has 0 bridgehead atoms. The van der Waals surface area contributed by atoms with Crippen molar-refractivity contribution in [2.45, 2.75) is 12.6 Å². The predicted octanol–water partition coefficient (Wildman–Crippen LogP) is 1.98. The molecular weight excluding hydrogens is 466 g/mol. The number of carbonyl (C=O) groups excluding carboxylic acids is 1. The summed E-state index contributed by atoms with van der Waals surface area (Å²) in [6, 6.07) is 9.97. The van der Waals surface area contributed by atoms with Crippen molar-refractivity contribution in [2.75, 3.05) is 50.6 Å². The lowest BCUT2D eigenvalue weighted by Crippen LogP contribution is -2.48. The Bertz CT molecular complexity index is 1220. The van der Waals surface area contributed by atoms with Crippen molar-refractivity contribution in [1.29, 1.82) is 0 Å². The Kier molecular flexibility index (Phi) is 6.97. The molecule has 190 valence electrons.